The van der Waals surface area contributed by atoms with E-state index in [9.17, 15) is 0 Å². The lowest BCUT2D eigenvalue weighted by molar-refractivity contribution is 0.451. The van der Waals surface area contributed by atoms with E-state index in [4.69, 9.17) is 4.74 Å². The van der Waals surface area contributed by atoms with Crippen molar-refractivity contribution in [2.45, 2.75) is 47.0 Å². The molecule has 0 fully saturated rings. The van der Waals surface area contributed by atoms with Crippen molar-refractivity contribution in [3.8, 4) is 11.6 Å². The monoisotopic (exact) mass is 360 g/mol. The van der Waals surface area contributed by atoms with E-state index in [1.807, 2.05) is 13.0 Å². The maximum absolute atomic E-state index is 5.96. The Morgan fingerprint density at radius 3 is 2.22 bits per heavy atom. The fraction of sp³-hybridized carbons (Fsp3) is 0.318. The van der Waals surface area contributed by atoms with Crippen LogP contribution in [0.15, 0.2) is 36.8 Å². The molecule has 0 aliphatic carbocycles. The summed E-state index contributed by atoms with van der Waals surface area (Å²) in [7, 11) is 0. The van der Waals surface area contributed by atoms with Gasteiger partial charge in [0.05, 0.1) is 17.6 Å². The number of pyridine rings is 1. The highest BCUT2D eigenvalue weighted by atomic mass is 16.5. The van der Waals surface area contributed by atoms with Crippen molar-refractivity contribution in [1.29, 1.82) is 0 Å². The van der Waals surface area contributed by atoms with Crippen molar-refractivity contribution in [2.24, 2.45) is 0 Å². The average Bonchev–Trinajstić information content (AvgIpc) is 2.60. The van der Waals surface area contributed by atoms with Crippen LogP contribution >= 0.6 is 0 Å². The second-order valence-electron chi connectivity index (χ2n) is 8.12. The van der Waals surface area contributed by atoms with Crippen molar-refractivity contribution in [3.05, 3.63) is 59.2 Å². The summed E-state index contributed by atoms with van der Waals surface area (Å²) in [5, 5.41) is 0. The molecule has 5 nitrogen and oxygen atoms in total. The molecule has 3 aromatic rings. The van der Waals surface area contributed by atoms with Crippen LogP contribution in [0.4, 0.5) is 17.2 Å². The second-order valence-corrected chi connectivity index (χ2v) is 8.12. The number of nitrogens with zero attached hydrogens (tertiary/aromatic N) is 4. The molecule has 0 unspecified atom stereocenters. The summed E-state index contributed by atoms with van der Waals surface area (Å²) in [6.45, 7) is 13.0. The molecule has 0 radical (unpaired) electrons. The Hall–Kier alpha value is -2.95. The van der Waals surface area contributed by atoms with Crippen molar-refractivity contribution in [1.82, 2.24) is 15.0 Å². The van der Waals surface area contributed by atoms with Gasteiger partial charge in [0.2, 0.25) is 5.82 Å². The molecular formula is C22H24N4O. The molecular weight excluding hydrogens is 336 g/mol. The van der Waals surface area contributed by atoms with Gasteiger partial charge in [-0.3, -0.25) is 9.88 Å². The molecule has 1 aliphatic rings. The maximum atomic E-state index is 5.96. The highest BCUT2D eigenvalue weighted by molar-refractivity contribution is 5.86. The summed E-state index contributed by atoms with van der Waals surface area (Å²) < 4.78 is 5.96. The molecule has 0 bridgehead atoms. The normalized spacial score (nSPS) is 13.0. The van der Waals surface area contributed by atoms with Gasteiger partial charge >= 0.3 is 0 Å². The highest BCUT2D eigenvalue weighted by Crippen LogP contribution is 2.50. The molecule has 0 saturated carbocycles. The minimum atomic E-state index is 0.0924. The first-order valence-corrected chi connectivity index (χ1v) is 9.13. The minimum Gasteiger partial charge on any atom is -0.432 e. The molecule has 27 heavy (non-hydrogen) atoms. The Bertz CT molecular complexity index is 1010. The van der Waals surface area contributed by atoms with E-state index in [0.717, 1.165) is 17.1 Å². The van der Waals surface area contributed by atoms with Gasteiger partial charge in [0.25, 0.3) is 5.88 Å². The maximum Gasteiger partial charge on any atom is 0.264 e. The standard InChI is InChI=1S/C22H24N4O/c1-13-9-16(22(4,5)6)10-14(2)19(13)26-17-11-15(3)25-12-18(17)27-21-20(26)23-7-8-24-21/h7-12H,1-6H3. The van der Waals surface area contributed by atoms with Crippen molar-refractivity contribution >= 4 is 17.2 Å². The van der Waals surface area contributed by atoms with Crippen LogP contribution in [-0.4, -0.2) is 15.0 Å². The van der Waals surface area contributed by atoms with E-state index < -0.39 is 0 Å². The first-order valence-electron chi connectivity index (χ1n) is 9.13. The number of aromatic nitrogens is 3. The van der Waals surface area contributed by atoms with Gasteiger partial charge in [-0.15, -0.1) is 0 Å². The fourth-order valence-electron chi connectivity index (χ4n) is 3.52. The van der Waals surface area contributed by atoms with Crippen LogP contribution < -0.4 is 9.64 Å². The third-order valence-electron chi connectivity index (χ3n) is 4.87. The van der Waals surface area contributed by atoms with Crippen molar-refractivity contribution < 1.29 is 4.74 Å². The van der Waals surface area contributed by atoms with E-state index in [-0.39, 0.29) is 5.41 Å². The van der Waals surface area contributed by atoms with Gasteiger partial charge in [-0.25, -0.2) is 9.97 Å². The number of anilines is 3. The van der Waals surface area contributed by atoms with Crippen molar-refractivity contribution in [2.75, 3.05) is 4.90 Å². The Kier molecular flexibility index (Phi) is 3.91. The largest absolute Gasteiger partial charge is 0.432 e. The number of hydrogen-bond donors (Lipinski definition) is 0. The van der Waals surface area contributed by atoms with E-state index in [2.05, 4.69) is 66.6 Å². The molecule has 0 N–H and O–H groups in total. The quantitative estimate of drug-likeness (QED) is 0.438. The van der Waals surface area contributed by atoms with Gasteiger partial charge < -0.3 is 4.74 Å². The number of hydrogen-bond acceptors (Lipinski definition) is 5. The average molecular weight is 360 g/mol. The molecule has 0 saturated heterocycles. The molecule has 3 heterocycles. The van der Waals surface area contributed by atoms with Gasteiger partial charge in [-0.2, -0.15) is 0 Å². The lowest BCUT2D eigenvalue weighted by atomic mass is 9.84. The van der Waals surface area contributed by atoms with Crippen LogP contribution in [-0.2, 0) is 5.41 Å². The zero-order valence-corrected chi connectivity index (χ0v) is 16.7. The van der Waals surface area contributed by atoms with Gasteiger partial charge in [-0.1, -0.05) is 32.9 Å². The number of rotatable bonds is 1. The van der Waals surface area contributed by atoms with E-state index in [1.54, 1.807) is 18.6 Å². The Morgan fingerprint density at radius 1 is 0.889 bits per heavy atom. The number of benzene rings is 1. The molecule has 5 heteroatoms. The molecule has 0 amide bonds. The van der Waals surface area contributed by atoms with Crippen LogP contribution in [0.25, 0.3) is 0 Å². The predicted molar refractivity (Wildman–Crippen MR) is 107 cm³/mol. The molecule has 4 rings (SSSR count). The first-order chi connectivity index (χ1) is 12.8. The summed E-state index contributed by atoms with van der Waals surface area (Å²) in [4.78, 5) is 15.5. The lowest BCUT2D eigenvalue weighted by Gasteiger charge is -2.33. The predicted octanol–water partition coefficient (Wildman–Crippen LogP) is 5.67. The van der Waals surface area contributed by atoms with Crippen LogP contribution in [0.2, 0.25) is 0 Å². The zero-order chi connectivity index (χ0) is 19.3. The van der Waals surface area contributed by atoms with E-state index >= 15 is 0 Å². The second kappa shape index (κ2) is 6.05. The number of aryl methyl sites for hydroxylation is 3. The third-order valence-corrected chi connectivity index (χ3v) is 4.87. The summed E-state index contributed by atoms with van der Waals surface area (Å²) >= 11 is 0. The number of fused-ring (bicyclic) bond motifs is 2. The van der Waals surface area contributed by atoms with Gasteiger partial charge in [0, 0.05) is 18.1 Å². The fourth-order valence-corrected chi connectivity index (χ4v) is 3.52. The Labute approximate surface area is 160 Å². The molecule has 2 aromatic heterocycles. The Balaban J connectivity index is 1.99. The van der Waals surface area contributed by atoms with Crippen LogP contribution in [0.3, 0.4) is 0 Å². The van der Waals surface area contributed by atoms with Gasteiger partial charge in [-0.05, 0) is 48.9 Å². The summed E-state index contributed by atoms with van der Waals surface area (Å²) in [6.07, 6.45) is 5.10. The SMILES string of the molecule is Cc1cc2c(cn1)Oc1nccnc1N2c1c(C)cc(C(C)(C)C)cc1C. The van der Waals surface area contributed by atoms with E-state index in [1.165, 1.54) is 16.7 Å². The van der Waals surface area contributed by atoms with Crippen LogP contribution in [0.1, 0.15) is 43.2 Å². The number of ether oxygens (including phenoxy) is 1. The molecule has 0 spiro atoms. The highest BCUT2D eigenvalue weighted by Gasteiger charge is 2.31. The van der Waals surface area contributed by atoms with Gasteiger partial charge in [0.15, 0.2) is 5.75 Å². The minimum absolute atomic E-state index is 0.0924. The summed E-state index contributed by atoms with van der Waals surface area (Å²) in [5.41, 5.74) is 6.77. The summed E-state index contributed by atoms with van der Waals surface area (Å²) in [6, 6.07) is 6.56. The first kappa shape index (κ1) is 17.5. The molecule has 1 aromatic carbocycles. The van der Waals surface area contributed by atoms with Crippen LogP contribution in [0.5, 0.6) is 11.6 Å². The van der Waals surface area contributed by atoms with Gasteiger partial charge in [0.1, 0.15) is 0 Å². The topological polar surface area (TPSA) is 51.1 Å². The van der Waals surface area contributed by atoms with Crippen molar-refractivity contribution in [3.63, 3.8) is 0 Å². The van der Waals surface area contributed by atoms with E-state index in [0.29, 0.717) is 17.4 Å². The zero-order valence-electron chi connectivity index (χ0n) is 16.7. The molecule has 138 valence electrons. The third kappa shape index (κ3) is 2.93. The smallest absolute Gasteiger partial charge is 0.264 e. The molecule has 0 atom stereocenters. The Morgan fingerprint density at radius 2 is 1.56 bits per heavy atom. The summed E-state index contributed by atoms with van der Waals surface area (Å²) in [5.74, 6) is 1.88. The molecule has 1 aliphatic heterocycles. The lowest BCUT2D eigenvalue weighted by Crippen LogP contribution is -2.21. The van der Waals surface area contributed by atoms with Crippen LogP contribution in [0, 0.1) is 20.8 Å².